The third-order valence-corrected chi connectivity index (χ3v) is 3.97. The van der Waals surface area contributed by atoms with E-state index in [4.69, 9.17) is 11.6 Å². The highest BCUT2D eigenvalue weighted by molar-refractivity contribution is 6.30. The lowest BCUT2D eigenvalue weighted by Gasteiger charge is -2.35. The van der Waals surface area contributed by atoms with E-state index in [1.54, 1.807) is 12.4 Å². The molecule has 3 rings (SSSR count). The van der Waals surface area contributed by atoms with Crippen LogP contribution in [0.1, 0.15) is 25.7 Å². The Morgan fingerprint density at radius 2 is 2.06 bits per heavy atom. The maximum absolute atomic E-state index is 5.77. The van der Waals surface area contributed by atoms with E-state index in [2.05, 4.69) is 20.2 Å². The van der Waals surface area contributed by atoms with Crippen LogP contribution in [0.15, 0.2) is 12.4 Å². The van der Waals surface area contributed by atoms with Crippen LogP contribution in [0.3, 0.4) is 0 Å². The van der Waals surface area contributed by atoms with Gasteiger partial charge in [0.15, 0.2) is 0 Å². The fourth-order valence-corrected chi connectivity index (χ4v) is 3.02. The number of rotatable bonds is 2. The molecule has 1 aromatic rings. The topological polar surface area (TPSA) is 41.1 Å². The molecule has 0 aliphatic carbocycles. The maximum Gasteiger partial charge on any atom is 0.222 e. The molecule has 0 radical (unpaired) electrons. The number of nitrogens with one attached hydrogen (secondary N) is 1. The second-order valence-corrected chi connectivity index (χ2v) is 5.36. The molecule has 2 aliphatic rings. The highest BCUT2D eigenvalue weighted by Gasteiger charge is 2.31. The summed E-state index contributed by atoms with van der Waals surface area (Å²) in [5.74, 6) is 0.700. The lowest BCUT2D eigenvalue weighted by molar-refractivity contribution is 0.188. The summed E-state index contributed by atoms with van der Waals surface area (Å²) >= 11 is 5.77. The molecule has 0 spiro atoms. The van der Waals surface area contributed by atoms with Crippen molar-refractivity contribution in [2.24, 2.45) is 0 Å². The van der Waals surface area contributed by atoms with Gasteiger partial charge in [-0.1, -0.05) is 11.6 Å². The molecule has 2 atom stereocenters. The van der Waals surface area contributed by atoms with Crippen LogP contribution in [0.2, 0.25) is 5.02 Å². The van der Waals surface area contributed by atoms with E-state index in [9.17, 15) is 0 Å². The maximum atomic E-state index is 5.77. The molecule has 2 saturated heterocycles. The molecule has 0 bridgehead atoms. The molecule has 5 heteroatoms. The fraction of sp³-hybridized carbons (Fsp3) is 0.667. The van der Waals surface area contributed by atoms with E-state index in [1.807, 2.05) is 0 Å². The van der Waals surface area contributed by atoms with Gasteiger partial charge in [0, 0.05) is 18.6 Å². The summed E-state index contributed by atoms with van der Waals surface area (Å²) in [7, 11) is 0. The SMILES string of the molecule is Clc1cnc(N[C@H]2CCN3CCC[C@@H]3C2)nc1. The number of aromatic nitrogens is 2. The van der Waals surface area contributed by atoms with Gasteiger partial charge in [0.1, 0.15) is 0 Å². The first-order valence-electron chi connectivity index (χ1n) is 6.29. The zero-order chi connectivity index (χ0) is 11.7. The van der Waals surface area contributed by atoms with Crippen molar-refractivity contribution >= 4 is 17.5 Å². The van der Waals surface area contributed by atoms with Gasteiger partial charge in [-0.05, 0) is 32.2 Å². The molecule has 2 fully saturated rings. The fourth-order valence-electron chi connectivity index (χ4n) is 2.92. The molecule has 0 unspecified atom stereocenters. The summed E-state index contributed by atoms with van der Waals surface area (Å²) in [5.41, 5.74) is 0. The number of fused-ring (bicyclic) bond motifs is 1. The Labute approximate surface area is 106 Å². The van der Waals surface area contributed by atoms with Crippen molar-refractivity contribution in [3.63, 3.8) is 0 Å². The third kappa shape index (κ3) is 2.53. The Hall–Kier alpha value is -0.870. The van der Waals surface area contributed by atoms with Gasteiger partial charge in [-0.15, -0.1) is 0 Å². The lowest BCUT2D eigenvalue weighted by atomic mass is 9.98. The van der Waals surface area contributed by atoms with Gasteiger partial charge in [-0.25, -0.2) is 9.97 Å². The van der Waals surface area contributed by atoms with Crippen LogP contribution in [0.4, 0.5) is 5.95 Å². The number of nitrogens with zero attached hydrogens (tertiary/aromatic N) is 3. The predicted molar refractivity (Wildman–Crippen MR) is 68.3 cm³/mol. The summed E-state index contributed by atoms with van der Waals surface area (Å²) in [5, 5.41) is 4.00. The first-order chi connectivity index (χ1) is 8.31. The standard InChI is InChI=1S/C12H17ClN4/c13-9-7-14-12(15-8-9)16-10-3-5-17-4-1-2-11(17)6-10/h7-8,10-11H,1-6H2,(H,14,15,16)/t10-,11+/m0/s1. The van der Waals surface area contributed by atoms with Crippen molar-refractivity contribution in [1.29, 1.82) is 0 Å². The molecule has 3 heterocycles. The van der Waals surface area contributed by atoms with Crippen LogP contribution in [0.25, 0.3) is 0 Å². The second-order valence-electron chi connectivity index (χ2n) is 4.92. The average Bonchev–Trinajstić information content (AvgIpc) is 2.79. The molecule has 0 amide bonds. The van der Waals surface area contributed by atoms with Gasteiger partial charge in [0.2, 0.25) is 5.95 Å². The van der Waals surface area contributed by atoms with Gasteiger partial charge in [0.25, 0.3) is 0 Å². The molecule has 92 valence electrons. The minimum absolute atomic E-state index is 0.510. The number of anilines is 1. The van der Waals surface area contributed by atoms with Gasteiger partial charge < -0.3 is 10.2 Å². The Morgan fingerprint density at radius 1 is 1.24 bits per heavy atom. The monoisotopic (exact) mass is 252 g/mol. The lowest BCUT2D eigenvalue weighted by Crippen LogP contribution is -2.42. The van der Waals surface area contributed by atoms with Crippen LogP contribution in [-0.4, -0.2) is 40.0 Å². The van der Waals surface area contributed by atoms with E-state index in [-0.39, 0.29) is 0 Å². The molecule has 2 aliphatic heterocycles. The molecule has 0 aromatic carbocycles. The van der Waals surface area contributed by atoms with E-state index in [0.29, 0.717) is 17.0 Å². The van der Waals surface area contributed by atoms with Crippen molar-refractivity contribution in [2.45, 2.75) is 37.8 Å². The summed E-state index contributed by atoms with van der Waals surface area (Å²) in [6.07, 6.45) is 8.38. The van der Waals surface area contributed by atoms with Crippen LogP contribution >= 0.6 is 11.6 Å². The second kappa shape index (κ2) is 4.78. The van der Waals surface area contributed by atoms with Gasteiger partial charge in [-0.3, -0.25) is 0 Å². The van der Waals surface area contributed by atoms with E-state index >= 15 is 0 Å². The van der Waals surface area contributed by atoms with E-state index in [0.717, 1.165) is 6.04 Å². The van der Waals surface area contributed by atoms with Crippen molar-refractivity contribution in [1.82, 2.24) is 14.9 Å². The quantitative estimate of drug-likeness (QED) is 0.876. The van der Waals surface area contributed by atoms with Crippen LogP contribution in [0, 0.1) is 0 Å². The highest BCUT2D eigenvalue weighted by atomic mass is 35.5. The first-order valence-corrected chi connectivity index (χ1v) is 6.67. The summed E-state index contributed by atoms with van der Waals surface area (Å²) in [4.78, 5) is 11.0. The number of hydrogen-bond acceptors (Lipinski definition) is 4. The van der Waals surface area contributed by atoms with Crippen molar-refractivity contribution in [3.8, 4) is 0 Å². The molecule has 17 heavy (non-hydrogen) atoms. The molecule has 1 aromatic heterocycles. The average molecular weight is 253 g/mol. The van der Waals surface area contributed by atoms with E-state index in [1.165, 1.54) is 38.8 Å². The van der Waals surface area contributed by atoms with Crippen molar-refractivity contribution in [3.05, 3.63) is 17.4 Å². The molecular weight excluding hydrogens is 236 g/mol. The minimum Gasteiger partial charge on any atom is -0.351 e. The molecule has 1 N–H and O–H groups in total. The Balaban J connectivity index is 1.60. The summed E-state index contributed by atoms with van der Waals surface area (Å²) < 4.78 is 0. The van der Waals surface area contributed by atoms with Gasteiger partial charge >= 0.3 is 0 Å². The first kappa shape index (κ1) is 11.2. The highest BCUT2D eigenvalue weighted by Crippen LogP contribution is 2.27. The molecular formula is C12H17ClN4. The Kier molecular flexibility index (Phi) is 3.16. The van der Waals surface area contributed by atoms with E-state index < -0.39 is 0 Å². The number of piperidine rings is 1. The van der Waals surface area contributed by atoms with Crippen LogP contribution in [-0.2, 0) is 0 Å². The summed E-state index contributed by atoms with van der Waals surface area (Å²) in [6.45, 7) is 2.49. The molecule has 0 saturated carbocycles. The van der Waals surface area contributed by atoms with Gasteiger partial charge in [-0.2, -0.15) is 0 Å². The smallest absolute Gasteiger partial charge is 0.222 e. The van der Waals surface area contributed by atoms with Crippen molar-refractivity contribution in [2.75, 3.05) is 18.4 Å². The Bertz CT molecular complexity index is 381. The zero-order valence-electron chi connectivity index (χ0n) is 9.77. The normalized spacial score (nSPS) is 29.0. The Morgan fingerprint density at radius 3 is 2.88 bits per heavy atom. The minimum atomic E-state index is 0.510. The molecule has 4 nitrogen and oxygen atoms in total. The zero-order valence-corrected chi connectivity index (χ0v) is 10.5. The summed E-state index contributed by atoms with van der Waals surface area (Å²) in [6, 6.07) is 1.28. The number of halogens is 1. The number of hydrogen-bond donors (Lipinski definition) is 1. The largest absolute Gasteiger partial charge is 0.351 e. The van der Waals surface area contributed by atoms with Gasteiger partial charge in [0.05, 0.1) is 17.4 Å². The van der Waals surface area contributed by atoms with Crippen LogP contribution < -0.4 is 5.32 Å². The van der Waals surface area contributed by atoms with Crippen molar-refractivity contribution < 1.29 is 0 Å². The predicted octanol–water partition coefficient (Wildman–Crippen LogP) is 2.17. The van der Waals surface area contributed by atoms with Crippen LogP contribution in [0.5, 0.6) is 0 Å². The third-order valence-electron chi connectivity index (χ3n) is 3.77.